The van der Waals surface area contributed by atoms with Crippen molar-refractivity contribution in [3.63, 3.8) is 0 Å². The number of methoxy groups -OCH3 is 1. The molecule has 2 aromatic carbocycles. The molecule has 1 N–H and O–H groups in total. The zero-order valence-electron chi connectivity index (χ0n) is 19.3. The normalized spacial score (nSPS) is 15.4. The van der Waals surface area contributed by atoms with E-state index in [0.29, 0.717) is 36.2 Å². The lowest BCUT2D eigenvalue weighted by Crippen LogP contribution is -2.29. The Morgan fingerprint density at radius 1 is 1.29 bits per heavy atom. The Morgan fingerprint density at radius 3 is 2.94 bits per heavy atom. The van der Waals surface area contributed by atoms with Crippen LogP contribution in [-0.2, 0) is 13.0 Å². The highest BCUT2D eigenvalue weighted by atomic mass is 35.5. The highest BCUT2D eigenvalue weighted by Gasteiger charge is 2.30. The van der Waals surface area contributed by atoms with E-state index < -0.39 is 0 Å². The summed E-state index contributed by atoms with van der Waals surface area (Å²) >= 11 is 6.17. The number of fused-ring (bicyclic) bond motifs is 2. The van der Waals surface area contributed by atoms with E-state index in [1.54, 1.807) is 19.4 Å². The minimum atomic E-state index is -0.319. The third-order valence-electron chi connectivity index (χ3n) is 6.15. The van der Waals surface area contributed by atoms with Crippen molar-refractivity contribution >= 4 is 28.3 Å². The molecule has 0 aliphatic carbocycles. The molecule has 0 amide bonds. The summed E-state index contributed by atoms with van der Waals surface area (Å²) in [6, 6.07) is 11.5. The lowest BCUT2D eigenvalue weighted by molar-refractivity contribution is 0.0850. The van der Waals surface area contributed by atoms with Crippen LogP contribution in [0.1, 0.15) is 16.1 Å². The average Bonchev–Trinajstić information content (AvgIpc) is 3.46. The molecular weight excluding hydrogens is 454 g/mol. The molecule has 0 unspecified atom stereocenters. The Bertz CT molecular complexity index is 1360. The predicted octanol–water partition coefficient (Wildman–Crippen LogP) is 4.08. The third-order valence-corrected chi connectivity index (χ3v) is 6.39. The minimum absolute atomic E-state index is 0.0205. The van der Waals surface area contributed by atoms with E-state index in [2.05, 4.69) is 15.1 Å². The number of rotatable bonds is 7. The Hall–Kier alpha value is -3.36. The zero-order valence-corrected chi connectivity index (χ0v) is 20.1. The van der Waals surface area contributed by atoms with E-state index in [4.69, 9.17) is 26.2 Å². The minimum Gasteiger partial charge on any atom is -0.493 e. The fourth-order valence-electron chi connectivity index (χ4n) is 4.35. The van der Waals surface area contributed by atoms with Crippen LogP contribution in [0.3, 0.4) is 0 Å². The maximum absolute atomic E-state index is 13.6. The van der Waals surface area contributed by atoms with Gasteiger partial charge in [-0.15, -0.1) is 5.10 Å². The van der Waals surface area contributed by atoms with Crippen LogP contribution in [0.25, 0.3) is 22.0 Å². The summed E-state index contributed by atoms with van der Waals surface area (Å²) in [5, 5.41) is 13.2. The largest absolute Gasteiger partial charge is 0.493 e. The molecule has 0 bridgehead atoms. The summed E-state index contributed by atoms with van der Waals surface area (Å²) in [5.74, 6) is 0.966. The number of halogens is 1. The van der Waals surface area contributed by atoms with Crippen LogP contribution in [0, 0.1) is 5.92 Å². The molecule has 1 aliphatic heterocycles. The maximum atomic E-state index is 13.6. The smallest absolute Gasteiger partial charge is 0.240 e. The summed E-state index contributed by atoms with van der Waals surface area (Å²) < 4.78 is 13.2. The van der Waals surface area contributed by atoms with Gasteiger partial charge in [0, 0.05) is 23.2 Å². The number of hydrogen-bond acceptors (Lipinski definition) is 6. The maximum Gasteiger partial charge on any atom is 0.240 e. The van der Waals surface area contributed by atoms with Crippen molar-refractivity contribution in [2.75, 3.05) is 34.4 Å². The number of ketones is 1. The molecule has 0 fully saturated rings. The number of aromatic nitrogens is 4. The fraction of sp³-hybridized carbons (Fsp3) is 0.320. The lowest BCUT2D eigenvalue weighted by atomic mass is 9.91. The molecule has 1 aliphatic rings. The van der Waals surface area contributed by atoms with Crippen molar-refractivity contribution in [2.45, 2.75) is 13.0 Å². The monoisotopic (exact) mass is 479 g/mol. The number of carbonyl (C=O) groups excluding carboxylic acids is 1. The van der Waals surface area contributed by atoms with Crippen LogP contribution in [0.2, 0.25) is 5.02 Å². The molecule has 34 heavy (non-hydrogen) atoms. The van der Waals surface area contributed by atoms with Gasteiger partial charge in [-0.05, 0) is 62.0 Å². The molecule has 5 rings (SSSR count). The van der Waals surface area contributed by atoms with Gasteiger partial charge in [0.15, 0.2) is 5.78 Å². The molecule has 8 nitrogen and oxygen atoms in total. The quantitative estimate of drug-likeness (QED) is 0.402. The van der Waals surface area contributed by atoms with Crippen LogP contribution < -0.4 is 9.47 Å². The first-order chi connectivity index (χ1) is 16.4. The molecule has 2 aromatic heterocycles. The van der Waals surface area contributed by atoms with E-state index in [9.17, 15) is 4.79 Å². The molecule has 0 saturated carbocycles. The lowest BCUT2D eigenvalue weighted by Gasteiger charge is -2.24. The second-order valence-corrected chi connectivity index (χ2v) is 9.18. The SMILES string of the molecule is COc1n[nH]cc1-c1ccc2c(C(=O)[C@@H]3COc4ccc(Cl)cc4C3)nn(CCN(C)C)c2c1. The molecular formula is C25H26ClN5O3. The Kier molecular flexibility index (Phi) is 6.02. The zero-order chi connectivity index (χ0) is 23.8. The highest BCUT2D eigenvalue weighted by molar-refractivity contribution is 6.30. The summed E-state index contributed by atoms with van der Waals surface area (Å²) in [4.78, 5) is 15.7. The van der Waals surface area contributed by atoms with Gasteiger partial charge in [-0.1, -0.05) is 17.7 Å². The fourth-order valence-corrected chi connectivity index (χ4v) is 4.55. The highest BCUT2D eigenvalue weighted by Crippen LogP contribution is 2.34. The molecule has 0 radical (unpaired) electrons. The first kappa shape index (κ1) is 22.4. The average molecular weight is 480 g/mol. The molecule has 9 heteroatoms. The van der Waals surface area contributed by atoms with E-state index in [-0.39, 0.29) is 11.7 Å². The number of carbonyl (C=O) groups is 1. The van der Waals surface area contributed by atoms with E-state index in [1.165, 1.54) is 0 Å². The van der Waals surface area contributed by atoms with Crippen molar-refractivity contribution in [1.29, 1.82) is 0 Å². The van der Waals surface area contributed by atoms with Crippen molar-refractivity contribution < 1.29 is 14.3 Å². The van der Waals surface area contributed by atoms with Gasteiger partial charge in [0.25, 0.3) is 0 Å². The van der Waals surface area contributed by atoms with Gasteiger partial charge in [-0.3, -0.25) is 14.6 Å². The number of benzene rings is 2. The van der Waals surface area contributed by atoms with Crippen LogP contribution in [0.15, 0.2) is 42.6 Å². The summed E-state index contributed by atoms with van der Waals surface area (Å²) in [6.45, 7) is 1.77. The van der Waals surface area contributed by atoms with Crippen LogP contribution >= 0.6 is 11.6 Å². The van der Waals surface area contributed by atoms with Gasteiger partial charge in [0.1, 0.15) is 11.4 Å². The number of hydrogen-bond donors (Lipinski definition) is 1. The number of nitrogens with one attached hydrogen (secondary N) is 1. The molecule has 4 aromatic rings. The van der Waals surface area contributed by atoms with Crippen LogP contribution in [-0.4, -0.2) is 65.0 Å². The number of aromatic amines is 1. The Balaban J connectivity index is 1.53. The van der Waals surface area contributed by atoms with E-state index in [0.717, 1.165) is 39.9 Å². The second kappa shape index (κ2) is 9.12. The van der Waals surface area contributed by atoms with Gasteiger partial charge < -0.3 is 14.4 Å². The van der Waals surface area contributed by atoms with Crippen molar-refractivity contribution in [3.05, 3.63) is 58.9 Å². The molecule has 0 spiro atoms. The molecule has 176 valence electrons. The summed E-state index contributed by atoms with van der Waals surface area (Å²) in [6.07, 6.45) is 2.37. The first-order valence-electron chi connectivity index (χ1n) is 11.1. The Labute approximate surface area is 202 Å². The number of Topliss-reactive ketones (excluding diaryl/α,β-unsaturated/α-hetero) is 1. The molecule has 3 heterocycles. The van der Waals surface area contributed by atoms with Crippen LogP contribution in [0.4, 0.5) is 0 Å². The molecule has 0 saturated heterocycles. The number of H-pyrrole nitrogens is 1. The van der Waals surface area contributed by atoms with Crippen molar-refractivity contribution in [3.8, 4) is 22.8 Å². The van der Waals surface area contributed by atoms with Crippen molar-refractivity contribution in [1.82, 2.24) is 24.9 Å². The first-order valence-corrected chi connectivity index (χ1v) is 11.5. The number of ether oxygens (including phenoxy) is 2. The van der Waals surface area contributed by atoms with E-state index in [1.807, 2.05) is 49.1 Å². The summed E-state index contributed by atoms with van der Waals surface area (Å²) in [5.41, 5.74) is 4.10. The van der Waals surface area contributed by atoms with Crippen LogP contribution in [0.5, 0.6) is 11.6 Å². The van der Waals surface area contributed by atoms with Gasteiger partial charge in [0.05, 0.1) is 37.3 Å². The predicted molar refractivity (Wildman–Crippen MR) is 131 cm³/mol. The van der Waals surface area contributed by atoms with Crippen molar-refractivity contribution in [2.24, 2.45) is 5.92 Å². The van der Waals surface area contributed by atoms with Gasteiger partial charge >= 0.3 is 0 Å². The standard InChI is InChI=1S/C25H26ClN5O3/c1-30(2)8-9-31-21-12-15(20-13-27-28-25(20)33-3)4-6-19(21)23(29-31)24(32)17-10-16-11-18(26)5-7-22(16)34-14-17/h4-7,11-13,17H,8-10,14H2,1-3H3,(H,27,28)/t17-/m0/s1. The molecule has 1 atom stereocenters. The second-order valence-electron chi connectivity index (χ2n) is 8.74. The Morgan fingerprint density at radius 2 is 2.15 bits per heavy atom. The number of nitrogens with zero attached hydrogens (tertiary/aromatic N) is 4. The van der Waals surface area contributed by atoms with Gasteiger partial charge in [0.2, 0.25) is 5.88 Å². The van der Waals surface area contributed by atoms with E-state index >= 15 is 0 Å². The summed E-state index contributed by atoms with van der Waals surface area (Å²) in [7, 11) is 5.62. The number of likely N-dealkylation sites (N-methyl/N-ethyl adjacent to an activating group) is 1. The third kappa shape index (κ3) is 4.15. The van der Waals surface area contributed by atoms with Gasteiger partial charge in [-0.2, -0.15) is 5.10 Å². The van der Waals surface area contributed by atoms with Gasteiger partial charge in [-0.25, -0.2) is 0 Å². The topological polar surface area (TPSA) is 85.3 Å².